The summed E-state index contributed by atoms with van der Waals surface area (Å²) in [6.07, 6.45) is 2.24. The van der Waals surface area contributed by atoms with Gasteiger partial charge >= 0.3 is 5.97 Å². The number of nitrogens with zero attached hydrogens (tertiary/aromatic N) is 1. The van der Waals surface area contributed by atoms with Crippen LogP contribution >= 0.6 is 11.3 Å². The van der Waals surface area contributed by atoms with E-state index in [-0.39, 0.29) is 17.3 Å². The van der Waals surface area contributed by atoms with Crippen LogP contribution in [-0.4, -0.2) is 28.4 Å². The van der Waals surface area contributed by atoms with Crippen LogP contribution in [-0.2, 0) is 11.3 Å². The number of hydrogen-bond donors (Lipinski definition) is 1. The Morgan fingerprint density at radius 1 is 1.38 bits per heavy atom. The molecule has 0 radical (unpaired) electrons. The lowest BCUT2D eigenvalue weighted by molar-refractivity contribution is -0.133. The van der Waals surface area contributed by atoms with Crippen molar-refractivity contribution in [3.8, 4) is 0 Å². The van der Waals surface area contributed by atoms with Gasteiger partial charge in [0, 0.05) is 35.2 Å². The summed E-state index contributed by atoms with van der Waals surface area (Å²) >= 11 is 1.06. The second kappa shape index (κ2) is 5.44. The van der Waals surface area contributed by atoms with E-state index in [4.69, 9.17) is 0 Å². The first kappa shape index (κ1) is 14.0. The number of carbonyl (C=O) groups excluding carboxylic acids is 1. The average molecular weight is 307 g/mol. The highest BCUT2D eigenvalue weighted by Gasteiger charge is 2.25. The molecule has 2 heterocycles. The normalized spacial score (nSPS) is 15.7. The fourth-order valence-electron chi connectivity index (χ4n) is 2.71. The van der Waals surface area contributed by atoms with Crippen molar-refractivity contribution in [3.05, 3.63) is 34.5 Å². The molecule has 1 aromatic heterocycles. The van der Waals surface area contributed by atoms with Gasteiger partial charge in [0.2, 0.25) is 5.91 Å². The fraction of sp³-hybridized carbons (Fsp3) is 0.333. The van der Waals surface area contributed by atoms with Crippen LogP contribution < -0.4 is 0 Å². The molecule has 1 amide bonds. The highest BCUT2D eigenvalue weighted by atomic mass is 32.1. The van der Waals surface area contributed by atoms with Gasteiger partial charge in [-0.15, -0.1) is 11.3 Å². The summed E-state index contributed by atoms with van der Waals surface area (Å²) in [4.78, 5) is 25.1. The molecule has 0 bridgehead atoms. The zero-order valence-corrected chi connectivity index (χ0v) is 12.1. The number of thiophene rings is 1. The van der Waals surface area contributed by atoms with Gasteiger partial charge in [-0.1, -0.05) is 6.07 Å². The molecule has 1 aliphatic heterocycles. The number of amides is 1. The van der Waals surface area contributed by atoms with Crippen LogP contribution in [0.2, 0.25) is 0 Å². The Labute approximate surface area is 124 Å². The molecule has 110 valence electrons. The number of aromatic carboxylic acids is 1. The second-order valence-corrected chi connectivity index (χ2v) is 6.15. The van der Waals surface area contributed by atoms with Gasteiger partial charge in [-0.3, -0.25) is 4.79 Å². The van der Waals surface area contributed by atoms with E-state index in [1.165, 1.54) is 6.07 Å². The minimum atomic E-state index is -1.07. The predicted octanol–water partition coefficient (Wildman–Crippen LogP) is 3.25. The summed E-state index contributed by atoms with van der Waals surface area (Å²) in [7, 11) is 0. The van der Waals surface area contributed by atoms with Gasteiger partial charge in [0.05, 0.1) is 0 Å². The van der Waals surface area contributed by atoms with Crippen molar-refractivity contribution in [2.45, 2.75) is 25.8 Å². The van der Waals surface area contributed by atoms with E-state index in [0.717, 1.165) is 24.2 Å². The number of carboxylic acids is 1. The number of carboxylic acid groups (broad SMARTS) is 1. The molecule has 1 aromatic carbocycles. The highest BCUT2D eigenvalue weighted by Crippen LogP contribution is 2.34. The molecule has 1 N–H and O–H groups in total. The molecule has 1 fully saturated rings. The number of likely N-dealkylation sites (tertiary alicyclic amines) is 1. The maximum Gasteiger partial charge on any atom is 0.346 e. The minimum Gasteiger partial charge on any atom is -0.477 e. The Morgan fingerprint density at radius 2 is 2.19 bits per heavy atom. The minimum absolute atomic E-state index is 0.00766. The Hall–Kier alpha value is -1.95. The van der Waals surface area contributed by atoms with Crippen molar-refractivity contribution < 1.29 is 19.1 Å². The van der Waals surface area contributed by atoms with Gasteiger partial charge in [0.25, 0.3) is 0 Å². The Balaban J connectivity index is 2.08. The predicted molar refractivity (Wildman–Crippen MR) is 78.0 cm³/mol. The van der Waals surface area contributed by atoms with E-state index in [1.54, 1.807) is 17.0 Å². The average Bonchev–Trinajstić information content (AvgIpc) is 2.82. The van der Waals surface area contributed by atoms with Gasteiger partial charge in [0.15, 0.2) is 0 Å². The number of benzene rings is 1. The molecule has 1 aliphatic rings. The number of piperidine rings is 1. The molecule has 2 aromatic rings. The third-order valence-electron chi connectivity index (χ3n) is 3.73. The lowest BCUT2D eigenvalue weighted by atomic mass is 10.1. The van der Waals surface area contributed by atoms with Crippen LogP contribution in [0.5, 0.6) is 0 Å². The van der Waals surface area contributed by atoms with Crippen LogP contribution in [0.4, 0.5) is 4.39 Å². The van der Waals surface area contributed by atoms with E-state index in [9.17, 15) is 19.1 Å². The Morgan fingerprint density at radius 3 is 2.90 bits per heavy atom. The number of fused-ring (bicyclic) bond motifs is 1. The van der Waals surface area contributed by atoms with Gasteiger partial charge in [-0.25, -0.2) is 9.18 Å². The quantitative estimate of drug-likeness (QED) is 0.947. The number of carbonyl (C=O) groups is 2. The van der Waals surface area contributed by atoms with Crippen LogP contribution in [0.1, 0.15) is 34.5 Å². The van der Waals surface area contributed by atoms with Gasteiger partial charge in [-0.05, 0) is 25.0 Å². The highest BCUT2D eigenvalue weighted by molar-refractivity contribution is 7.21. The van der Waals surface area contributed by atoms with Crippen LogP contribution in [0.25, 0.3) is 10.1 Å². The first-order valence-electron chi connectivity index (χ1n) is 6.79. The monoisotopic (exact) mass is 307 g/mol. The third-order valence-corrected chi connectivity index (χ3v) is 4.91. The molecule has 0 spiro atoms. The first-order chi connectivity index (χ1) is 10.1. The molecule has 0 saturated carbocycles. The van der Waals surface area contributed by atoms with E-state index < -0.39 is 11.8 Å². The molecule has 3 rings (SSSR count). The molecule has 6 heteroatoms. The molecular formula is C15H14FNO3S. The summed E-state index contributed by atoms with van der Waals surface area (Å²) < 4.78 is 14.7. The number of hydrogen-bond acceptors (Lipinski definition) is 3. The molecule has 4 nitrogen and oxygen atoms in total. The van der Waals surface area contributed by atoms with Crippen molar-refractivity contribution in [2.24, 2.45) is 0 Å². The van der Waals surface area contributed by atoms with Crippen molar-refractivity contribution >= 4 is 33.3 Å². The van der Waals surface area contributed by atoms with Crippen molar-refractivity contribution in [1.29, 1.82) is 0 Å². The third kappa shape index (κ3) is 2.51. The molecule has 0 atom stereocenters. The maximum atomic E-state index is 14.1. The van der Waals surface area contributed by atoms with Crippen molar-refractivity contribution in [3.63, 3.8) is 0 Å². The summed E-state index contributed by atoms with van der Waals surface area (Å²) in [5.74, 6) is -1.50. The summed E-state index contributed by atoms with van der Waals surface area (Å²) in [6, 6.07) is 4.59. The second-order valence-electron chi connectivity index (χ2n) is 5.10. The van der Waals surface area contributed by atoms with Crippen LogP contribution in [0.3, 0.4) is 0 Å². The van der Waals surface area contributed by atoms with E-state index in [2.05, 4.69) is 0 Å². The van der Waals surface area contributed by atoms with E-state index >= 15 is 0 Å². The topological polar surface area (TPSA) is 57.6 Å². The lowest BCUT2D eigenvalue weighted by Gasteiger charge is -2.26. The number of rotatable bonds is 3. The Bertz CT molecular complexity index is 725. The van der Waals surface area contributed by atoms with E-state index in [0.29, 0.717) is 28.6 Å². The summed E-state index contributed by atoms with van der Waals surface area (Å²) in [5, 5.41) is 9.67. The molecule has 21 heavy (non-hydrogen) atoms. The Kier molecular flexibility index (Phi) is 3.63. The van der Waals surface area contributed by atoms with Crippen LogP contribution in [0, 0.1) is 5.82 Å². The summed E-state index contributed by atoms with van der Waals surface area (Å²) in [5.41, 5.74) is 0.413. The largest absolute Gasteiger partial charge is 0.477 e. The molecule has 0 aliphatic carbocycles. The van der Waals surface area contributed by atoms with Crippen molar-refractivity contribution in [2.75, 3.05) is 6.54 Å². The number of halogens is 1. The smallest absolute Gasteiger partial charge is 0.346 e. The van der Waals surface area contributed by atoms with E-state index in [1.807, 2.05) is 0 Å². The summed E-state index contributed by atoms with van der Waals surface area (Å²) in [6.45, 7) is 0.769. The lowest BCUT2D eigenvalue weighted by Crippen LogP contribution is -2.34. The molecule has 1 saturated heterocycles. The maximum absolute atomic E-state index is 14.1. The fourth-order valence-corrected chi connectivity index (χ4v) is 3.78. The zero-order valence-electron chi connectivity index (χ0n) is 11.3. The van der Waals surface area contributed by atoms with Crippen LogP contribution in [0.15, 0.2) is 18.2 Å². The first-order valence-corrected chi connectivity index (χ1v) is 7.60. The standard InChI is InChI=1S/C15H14FNO3S/c16-10-4-3-5-11-13(10)9(14(21-11)15(19)20)8-17-7-2-1-6-12(17)18/h3-5H,1-2,6-8H2,(H,19,20). The molecular weight excluding hydrogens is 293 g/mol. The zero-order chi connectivity index (χ0) is 15.0. The molecule has 0 unspecified atom stereocenters. The van der Waals surface area contributed by atoms with Gasteiger partial charge in [0.1, 0.15) is 10.7 Å². The van der Waals surface area contributed by atoms with Gasteiger partial charge < -0.3 is 10.0 Å². The van der Waals surface area contributed by atoms with Crippen molar-refractivity contribution in [1.82, 2.24) is 4.90 Å². The SMILES string of the molecule is O=C(O)c1sc2cccc(F)c2c1CN1CCCCC1=O. The van der Waals surface area contributed by atoms with Gasteiger partial charge in [-0.2, -0.15) is 0 Å².